The van der Waals surface area contributed by atoms with Crippen molar-refractivity contribution in [3.63, 3.8) is 0 Å². The lowest BCUT2D eigenvalue weighted by Gasteiger charge is -2.34. The van der Waals surface area contributed by atoms with Crippen molar-refractivity contribution in [2.24, 2.45) is 0 Å². The zero-order valence-electron chi connectivity index (χ0n) is 50.3. The first-order chi connectivity index (χ1) is 42.5. The van der Waals surface area contributed by atoms with Crippen LogP contribution in [0.15, 0.2) is 206 Å². The molecule has 4 nitrogen and oxygen atoms in total. The van der Waals surface area contributed by atoms with E-state index in [-0.39, 0.29) is 0 Å². The van der Waals surface area contributed by atoms with Crippen molar-refractivity contribution >= 4 is 110 Å². The van der Waals surface area contributed by atoms with Gasteiger partial charge in [0.05, 0.1) is 44.8 Å². The number of aryl methyl sites for hydroxylation is 6. The first-order valence-corrected chi connectivity index (χ1v) is 32.3. The van der Waals surface area contributed by atoms with Crippen LogP contribution in [0.4, 0.5) is 34.1 Å². The molecule has 0 saturated heterocycles. The van der Waals surface area contributed by atoms with Gasteiger partial charge in [-0.25, -0.2) is 0 Å². The third-order valence-electron chi connectivity index (χ3n) is 19.8. The summed E-state index contributed by atoms with van der Waals surface area (Å²) in [7, 11) is 0. The Hall–Kier alpha value is -9.12. The minimum Gasteiger partial charge on any atom is -0.307 e. The van der Waals surface area contributed by atoms with E-state index in [1.807, 2.05) is 0 Å². The number of hydrogen-bond acceptors (Lipinski definition) is 2. The predicted molar refractivity (Wildman–Crippen MR) is 368 cm³/mol. The van der Waals surface area contributed by atoms with E-state index >= 15 is 0 Å². The average molecular weight is 1120 g/mol. The molecule has 0 N–H and O–H groups in total. The minimum atomic E-state index is 0.971. The topological polar surface area (TPSA) is 16.3 Å². The molecule has 4 heteroatoms. The summed E-state index contributed by atoms with van der Waals surface area (Å²) in [6.45, 7) is 9.22. The number of aromatic nitrogens is 2. The summed E-state index contributed by atoms with van der Waals surface area (Å²) in [5.74, 6) is 0. The number of benzene rings is 12. The fourth-order valence-corrected chi connectivity index (χ4v) is 15.8. The molecule has 0 fully saturated rings. The van der Waals surface area contributed by atoms with Crippen molar-refractivity contribution < 1.29 is 0 Å². The molecule has 0 radical (unpaired) electrons. The molecule has 0 bridgehead atoms. The second-order valence-corrected chi connectivity index (χ2v) is 24.7. The number of fused-ring (bicyclic) bond motifs is 8. The van der Waals surface area contributed by atoms with Crippen LogP contribution in [-0.4, -0.2) is 9.13 Å². The summed E-state index contributed by atoms with van der Waals surface area (Å²) in [6.07, 6.45) is 15.2. The average Bonchev–Trinajstić information content (AvgIpc) is 1.24. The van der Waals surface area contributed by atoms with E-state index in [4.69, 9.17) is 0 Å². The first kappa shape index (κ1) is 52.4. The second-order valence-electron chi connectivity index (χ2n) is 24.7. The molecule has 0 atom stereocenters. The Morgan fingerprint density at radius 2 is 0.709 bits per heavy atom. The van der Waals surface area contributed by atoms with E-state index in [1.165, 1.54) is 192 Å². The smallest absolute Gasteiger partial charge is 0.0782 e. The lowest BCUT2D eigenvalue weighted by Crippen LogP contribution is -2.17. The van der Waals surface area contributed by atoms with Crippen LogP contribution in [0.3, 0.4) is 0 Å². The standard InChI is InChI=1S/C82H74N4/c1-5-21-57-51-77(85(71-35-17-25-55-23-9-11-27-61(55)71)75-37-19-31-67-65-29-13-15-33-73(65)83(81(67)75)59-43-39-53(7-3)40-44-59)69-50-48-64-58(22-6-2)52-78(70-49-47-63(57)79(69)80(64)70)86(72-36-18-26-56-24-10-12-28-62(56)72)76-38-20-32-68-66-30-14-16-34-74(66)84(82(68)76)60-45-41-54(8-4)42-46-60/h13-20,25-26,29-52H,5-12,21-24,27-28H2,1-4H3. The Bertz CT molecular complexity index is 4620. The fraction of sp³-hybridized carbons (Fsp3) is 0.220. The van der Waals surface area contributed by atoms with Crippen LogP contribution in [0.5, 0.6) is 0 Å². The summed E-state index contributed by atoms with van der Waals surface area (Å²) in [6, 6.07) is 80.7. The summed E-state index contributed by atoms with van der Waals surface area (Å²) < 4.78 is 5.12. The van der Waals surface area contributed by atoms with Gasteiger partial charge < -0.3 is 18.9 Å². The molecule has 0 unspecified atom stereocenters. The van der Waals surface area contributed by atoms with Crippen molar-refractivity contribution in [3.8, 4) is 11.4 Å². The SMILES string of the molecule is CCCc1cc(N(c2cccc3c2CCCC3)c2cccc3c4ccccc4n(-c4ccc(CC)cc4)c23)c2ccc3c(CCC)cc(N(c4cccc5c4CCCC5)c4cccc5c6ccccc6n(-c6ccc(CC)cc6)c45)c4ccc1c2c34. The van der Waals surface area contributed by atoms with Gasteiger partial charge in [-0.2, -0.15) is 0 Å². The number of anilines is 6. The Morgan fingerprint density at radius 1 is 0.326 bits per heavy atom. The van der Waals surface area contributed by atoms with Crippen LogP contribution in [0, 0.1) is 0 Å². The molecule has 12 aromatic carbocycles. The zero-order valence-corrected chi connectivity index (χ0v) is 50.3. The quantitative estimate of drug-likeness (QED) is 0.101. The molecule has 0 saturated carbocycles. The van der Waals surface area contributed by atoms with Crippen molar-refractivity contribution in [3.05, 3.63) is 251 Å². The molecule has 2 aliphatic carbocycles. The molecule has 422 valence electrons. The largest absolute Gasteiger partial charge is 0.307 e. The summed E-state index contributed by atoms with van der Waals surface area (Å²) in [4.78, 5) is 5.46. The van der Waals surface area contributed by atoms with Crippen LogP contribution in [0.25, 0.3) is 87.3 Å². The molecular weight excluding hydrogens is 1040 g/mol. The zero-order chi connectivity index (χ0) is 57.6. The molecule has 2 heterocycles. The molecule has 0 amide bonds. The molecule has 2 aromatic heterocycles. The van der Waals surface area contributed by atoms with Gasteiger partial charge in [0.15, 0.2) is 0 Å². The molecular formula is C82H74N4. The summed E-state index contributed by atoms with van der Waals surface area (Å²) in [5, 5.41) is 13.1. The van der Waals surface area contributed by atoms with E-state index in [9.17, 15) is 0 Å². The fourth-order valence-electron chi connectivity index (χ4n) is 15.8. The van der Waals surface area contributed by atoms with Crippen LogP contribution < -0.4 is 9.80 Å². The number of hydrogen-bond donors (Lipinski definition) is 0. The third-order valence-corrected chi connectivity index (χ3v) is 19.8. The van der Waals surface area contributed by atoms with Gasteiger partial charge in [0.25, 0.3) is 0 Å². The van der Waals surface area contributed by atoms with Crippen LogP contribution in [0.1, 0.15) is 111 Å². The number of rotatable bonds is 14. The molecule has 0 aliphatic heterocycles. The summed E-state index contributed by atoms with van der Waals surface area (Å²) >= 11 is 0. The molecule has 0 spiro atoms. The molecule has 16 rings (SSSR count). The van der Waals surface area contributed by atoms with Crippen LogP contribution in [-0.2, 0) is 51.4 Å². The maximum atomic E-state index is 2.73. The molecule has 86 heavy (non-hydrogen) atoms. The van der Waals surface area contributed by atoms with Gasteiger partial charge in [0.2, 0.25) is 0 Å². The highest BCUT2D eigenvalue weighted by molar-refractivity contribution is 6.30. The van der Waals surface area contributed by atoms with Crippen LogP contribution >= 0.6 is 0 Å². The first-order valence-electron chi connectivity index (χ1n) is 32.3. The van der Waals surface area contributed by atoms with E-state index in [0.29, 0.717) is 0 Å². The highest BCUT2D eigenvalue weighted by Crippen LogP contribution is 2.54. The van der Waals surface area contributed by atoms with Crippen LogP contribution in [0.2, 0.25) is 0 Å². The van der Waals surface area contributed by atoms with Crippen molar-refractivity contribution in [2.75, 3.05) is 9.80 Å². The van der Waals surface area contributed by atoms with Crippen molar-refractivity contribution in [1.82, 2.24) is 9.13 Å². The van der Waals surface area contributed by atoms with Gasteiger partial charge in [0, 0.05) is 55.1 Å². The summed E-state index contributed by atoms with van der Waals surface area (Å²) in [5.41, 5.74) is 26.2. The van der Waals surface area contributed by atoms with Gasteiger partial charge in [0.1, 0.15) is 0 Å². The van der Waals surface area contributed by atoms with Gasteiger partial charge in [-0.1, -0.05) is 174 Å². The Kier molecular flexibility index (Phi) is 13.1. The van der Waals surface area contributed by atoms with Crippen molar-refractivity contribution in [1.29, 1.82) is 0 Å². The maximum Gasteiger partial charge on any atom is 0.0782 e. The minimum absolute atomic E-state index is 0.971. The maximum absolute atomic E-state index is 2.73. The highest BCUT2D eigenvalue weighted by Gasteiger charge is 2.31. The Morgan fingerprint density at radius 3 is 1.14 bits per heavy atom. The third kappa shape index (κ3) is 8.23. The number of para-hydroxylation sites is 4. The lowest BCUT2D eigenvalue weighted by molar-refractivity contribution is 0.686. The lowest BCUT2D eigenvalue weighted by atomic mass is 9.85. The van der Waals surface area contributed by atoms with Gasteiger partial charge in [-0.3, -0.25) is 0 Å². The van der Waals surface area contributed by atoms with Gasteiger partial charge in [-0.05, 0) is 216 Å². The van der Waals surface area contributed by atoms with E-state index in [0.717, 1.165) is 64.2 Å². The van der Waals surface area contributed by atoms with Gasteiger partial charge >= 0.3 is 0 Å². The molecule has 2 aliphatic rings. The Balaban J connectivity index is 1.03. The van der Waals surface area contributed by atoms with E-state index in [2.05, 4.69) is 253 Å². The second kappa shape index (κ2) is 21.4. The van der Waals surface area contributed by atoms with Gasteiger partial charge in [-0.15, -0.1) is 0 Å². The monoisotopic (exact) mass is 1110 g/mol. The number of nitrogens with zero attached hydrogens (tertiary/aromatic N) is 4. The van der Waals surface area contributed by atoms with E-state index in [1.54, 1.807) is 0 Å². The van der Waals surface area contributed by atoms with E-state index < -0.39 is 0 Å². The Labute approximate surface area is 505 Å². The highest BCUT2D eigenvalue weighted by atomic mass is 15.2. The molecule has 14 aromatic rings. The van der Waals surface area contributed by atoms with Crippen molar-refractivity contribution in [2.45, 2.75) is 118 Å². The normalized spacial score (nSPS) is 13.5. The predicted octanol–water partition coefficient (Wildman–Crippen LogP) is 22.5.